The third-order valence-electron chi connectivity index (χ3n) is 4.19. The molecule has 0 fully saturated rings. The molecule has 0 aliphatic heterocycles. The molecular formula is C20H18N4O7. The molecule has 1 amide bonds. The van der Waals surface area contributed by atoms with Gasteiger partial charge in [0, 0.05) is 6.07 Å². The van der Waals surface area contributed by atoms with Gasteiger partial charge >= 0.3 is 5.97 Å². The van der Waals surface area contributed by atoms with Gasteiger partial charge in [-0.3, -0.25) is 14.9 Å². The highest BCUT2D eigenvalue weighted by Crippen LogP contribution is 2.24. The number of esters is 1. The number of aromatic nitrogens is 2. The number of nitrogens with zero attached hydrogens (tertiary/aromatic N) is 3. The number of hydrogen-bond donors (Lipinski definition) is 1. The second kappa shape index (κ2) is 9.48. The Morgan fingerprint density at radius 3 is 2.71 bits per heavy atom. The fourth-order valence-corrected chi connectivity index (χ4v) is 2.78. The zero-order valence-corrected chi connectivity index (χ0v) is 16.7. The van der Waals surface area contributed by atoms with Crippen LogP contribution in [-0.4, -0.2) is 34.1 Å². The van der Waals surface area contributed by atoms with Crippen molar-refractivity contribution in [3.8, 4) is 5.75 Å². The van der Waals surface area contributed by atoms with Gasteiger partial charge in [0.2, 0.25) is 5.91 Å². The molecule has 0 aliphatic carbocycles. The van der Waals surface area contributed by atoms with Gasteiger partial charge in [-0.2, -0.15) is 4.98 Å². The highest BCUT2D eigenvalue weighted by Gasteiger charge is 2.24. The number of aryl methyl sites for hydroxylation is 1. The Kier molecular flexibility index (Phi) is 6.55. The monoisotopic (exact) mass is 426 g/mol. The third kappa shape index (κ3) is 5.21. The van der Waals surface area contributed by atoms with Crippen molar-refractivity contribution in [2.75, 3.05) is 12.4 Å². The van der Waals surface area contributed by atoms with Crippen LogP contribution in [0.5, 0.6) is 5.75 Å². The maximum Gasteiger partial charge on any atom is 0.345 e. The molecule has 11 nitrogen and oxygen atoms in total. The molecule has 0 spiro atoms. The first-order valence-electron chi connectivity index (χ1n) is 9.04. The van der Waals surface area contributed by atoms with Crippen molar-refractivity contribution in [2.24, 2.45) is 0 Å². The van der Waals surface area contributed by atoms with E-state index >= 15 is 0 Å². The highest BCUT2D eigenvalue weighted by atomic mass is 16.6. The number of anilines is 1. The van der Waals surface area contributed by atoms with Crippen molar-refractivity contribution >= 4 is 23.3 Å². The summed E-state index contributed by atoms with van der Waals surface area (Å²) in [6.07, 6.45) is -0.182. The second-order valence-electron chi connectivity index (χ2n) is 6.33. The van der Waals surface area contributed by atoms with Gasteiger partial charge in [0.05, 0.1) is 24.1 Å². The van der Waals surface area contributed by atoms with E-state index in [1.807, 2.05) is 0 Å². The zero-order valence-electron chi connectivity index (χ0n) is 16.7. The number of nitro groups is 1. The van der Waals surface area contributed by atoms with E-state index in [4.69, 9.17) is 14.0 Å². The molecule has 0 saturated heterocycles. The standard InChI is InChI=1S/C20H18N4O7/c1-12-6-5-8-14(24(27)28)19(12)20(26)30-11-18-22-16(23-31-18)10-17(25)21-13-7-3-4-9-15(13)29-2/h3-9H,10-11H2,1-2H3,(H,21,25). The summed E-state index contributed by atoms with van der Waals surface area (Å²) >= 11 is 0. The van der Waals surface area contributed by atoms with E-state index < -0.39 is 23.4 Å². The van der Waals surface area contributed by atoms with Gasteiger partial charge in [0.15, 0.2) is 12.4 Å². The Hall–Kier alpha value is -4.28. The molecule has 0 saturated carbocycles. The van der Waals surface area contributed by atoms with Gasteiger partial charge in [-0.05, 0) is 24.6 Å². The molecule has 1 aromatic heterocycles. The zero-order chi connectivity index (χ0) is 22.4. The number of nitrogens with one attached hydrogen (secondary N) is 1. The predicted octanol–water partition coefficient (Wildman–Crippen LogP) is 2.83. The summed E-state index contributed by atoms with van der Waals surface area (Å²) in [7, 11) is 1.49. The van der Waals surface area contributed by atoms with Crippen molar-refractivity contribution in [1.29, 1.82) is 0 Å². The molecule has 160 valence electrons. The van der Waals surface area contributed by atoms with Gasteiger partial charge in [0.1, 0.15) is 11.3 Å². The van der Waals surface area contributed by atoms with Crippen molar-refractivity contribution in [1.82, 2.24) is 10.1 Å². The van der Waals surface area contributed by atoms with Gasteiger partial charge in [-0.25, -0.2) is 4.79 Å². The number of benzene rings is 2. The average Bonchev–Trinajstić information content (AvgIpc) is 3.19. The molecule has 0 atom stereocenters. The lowest BCUT2D eigenvalue weighted by atomic mass is 10.1. The fourth-order valence-electron chi connectivity index (χ4n) is 2.78. The molecule has 2 aromatic carbocycles. The molecule has 1 N–H and O–H groups in total. The smallest absolute Gasteiger partial charge is 0.345 e. The van der Waals surface area contributed by atoms with E-state index in [2.05, 4.69) is 15.5 Å². The van der Waals surface area contributed by atoms with Crippen molar-refractivity contribution in [2.45, 2.75) is 20.0 Å². The number of methoxy groups -OCH3 is 1. The summed E-state index contributed by atoms with van der Waals surface area (Å²) in [4.78, 5) is 39.0. The van der Waals surface area contributed by atoms with E-state index in [1.165, 1.54) is 19.2 Å². The topological polar surface area (TPSA) is 147 Å². The second-order valence-corrected chi connectivity index (χ2v) is 6.33. The summed E-state index contributed by atoms with van der Waals surface area (Å²) < 4.78 is 15.2. The van der Waals surface area contributed by atoms with E-state index in [-0.39, 0.29) is 29.4 Å². The van der Waals surface area contributed by atoms with Crippen LogP contribution in [0.2, 0.25) is 0 Å². The summed E-state index contributed by atoms with van der Waals surface area (Å²) in [5.74, 6) is -0.755. The van der Waals surface area contributed by atoms with Crippen molar-refractivity contribution in [3.63, 3.8) is 0 Å². The van der Waals surface area contributed by atoms with Crippen LogP contribution in [-0.2, 0) is 22.6 Å². The Morgan fingerprint density at radius 2 is 1.97 bits per heavy atom. The van der Waals surface area contributed by atoms with Crippen molar-refractivity contribution in [3.05, 3.63) is 75.4 Å². The van der Waals surface area contributed by atoms with E-state index in [9.17, 15) is 19.7 Å². The van der Waals surface area contributed by atoms with Crippen LogP contribution in [0.25, 0.3) is 0 Å². The lowest BCUT2D eigenvalue weighted by Crippen LogP contribution is -2.16. The minimum atomic E-state index is -0.890. The number of ether oxygens (including phenoxy) is 2. The maximum atomic E-state index is 12.3. The van der Waals surface area contributed by atoms with Crippen LogP contribution in [0.1, 0.15) is 27.6 Å². The summed E-state index contributed by atoms with van der Waals surface area (Å²) in [5.41, 5.74) is 0.388. The first-order chi connectivity index (χ1) is 14.9. The predicted molar refractivity (Wildman–Crippen MR) is 107 cm³/mol. The molecule has 31 heavy (non-hydrogen) atoms. The average molecular weight is 426 g/mol. The SMILES string of the molecule is COc1ccccc1NC(=O)Cc1noc(COC(=O)c2c(C)cccc2[N+](=O)[O-])n1. The molecule has 3 aromatic rings. The molecule has 0 unspecified atom stereocenters. The van der Waals surface area contributed by atoms with Crippen LogP contribution < -0.4 is 10.1 Å². The maximum absolute atomic E-state index is 12.3. The summed E-state index contributed by atoms with van der Waals surface area (Å²) in [6, 6.07) is 11.2. The minimum Gasteiger partial charge on any atom is -0.495 e. The third-order valence-corrected chi connectivity index (χ3v) is 4.19. The molecule has 0 bridgehead atoms. The molecular weight excluding hydrogens is 408 g/mol. The lowest BCUT2D eigenvalue weighted by Gasteiger charge is -2.08. The first-order valence-corrected chi connectivity index (χ1v) is 9.04. The summed E-state index contributed by atoms with van der Waals surface area (Å²) in [5, 5.41) is 17.5. The Morgan fingerprint density at radius 1 is 1.19 bits per heavy atom. The van der Waals surface area contributed by atoms with Crippen LogP contribution in [0.15, 0.2) is 47.0 Å². The van der Waals surface area contributed by atoms with Gasteiger partial charge in [0.25, 0.3) is 11.6 Å². The van der Waals surface area contributed by atoms with Crippen LogP contribution in [0.4, 0.5) is 11.4 Å². The van der Waals surface area contributed by atoms with Crippen molar-refractivity contribution < 1.29 is 28.5 Å². The van der Waals surface area contributed by atoms with Crippen LogP contribution >= 0.6 is 0 Å². The highest BCUT2D eigenvalue weighted by molar-refractivity contribution is 5.95. The molecule has 0 aliphatic rings. The van der Waals surface area contributed by atoms with E-state index in [0.29, 0.717) is 17.0 Å². The van der Waals surface area contributed by atoms with E-state index in [0.717, 1.165) is 0 Å². The van der Waals surface area contributed by atoms with Gasteiger partial charge < -0.3 is 19.3 Å². The van der Waals surface area contributed by atoms with Gasteiger partial charge in [-0.1, -0.05) is 29.4 Å². The quantitative estimate of drug-likeness (QED) is 0.326. The van der Waals surface area contributed by atoms with Gasteiger partial charge in [-0.15, -0.1) is 0 Å². The Labute approximate surface area is 176 Å². The Bertz CT molecular complexity index is 1130. The number of nitro benzene ring substituents is 1. The lowest BCUT2D eigenvalue weighted by molar-refractivity contribution is -0.385. The van der Waals surface area contributed by atoms with Crippen LogP contribution in [0.3, 0.4) is 0 Å². The largest absolute Gasteiger partial charge is 0.495 e. The molecule has 1 heterocycles. The normalized spacial score (nSPS) is 10.4. The number of amides is 1. The Balaban J connectivity index is 1.60. The molecule has 0 radical (unpaired) electrons. The number of para-hydroxylation sites is 2. The number of carbonyl (C=O) groups is 2. The fraction of sp³-hybridized carbons (Fsp3) is 0.200. The first kappa shape index (κ1) is 21.4. The molecule has 3 rings (SSSR count). The van der Waals surface area contributed by atoms with Crippen LogP contribution in [0, 0.1) is 17.0 Å². The van der Waals surface area contributed by atoms with E-state index in [1.54, 1.807) is 37.3 Å². The number of carbonyl (C=O) groups excluding carboxylic acids is 2. The number of hydrogen-bond acceptors (Lipinski definition) is 9. The minimum absolute atomic E-state index is 0.0512. The number of rotatable bonds is 8. The summed E-state index contributed by atoms with van der Waals surface area (Å²) in [6.45, 7) is 1.17. The molecule has 11 heteroatoms.